The Morgan fingerprint density at radius 1 is 1.33 bits per heavy atom. The van der Waals surface area contributed by atoms with E-state index >= 15 is 0 Å². The zero-order valence-electron chi connectivity index (χ0n) is 10.0. The van der Waals surface area contributed by atoms with Gasteiger partial charge in [-0.25, -0.2) is 4.98 Å². The van der Waals surface area contributed by atoms with E-state index in [4.69, 9.17) is 11.6 Å². The maximum Gasteiger partial charge on any atom is 0.417 e. The number of halogens is 4. The number of alkyl halides is 3. The molecule has 7 heteroatoms. The molecule has 1 rings (SSSR count). The number of carbonyl (C=O) groups excluding carboxylic acids is 1. The first kappa shape index (κ1) is 14.8. The van der Waals surface area contributed by atoms with E-state index < -0.39 is 28.7 Å². The second-order valence-electron chi connectivity index (χ2n) is 4.75. The van der Waals surface area contributed by atoms with Crippen LogP contribution in [0.1, 0.15) is 36.7 Å². The van der Waals surface area contributed by atoms with Crippen molar-refractivity contribution in [2.45, 2.75) is 32.5 Å². The Labute approximate surface area is 107 Å². The van der Waals surface area contributed by atoms with Crippen LogP contribution in [0.4, 0.5) is 13.2 Å². The van der Waals surface area contributed by atoms with Crippen molar-refractivity contribution in [1.29, 1.82) is 0 Å². The van der Waals surface area contributed by atoms with Crippen molar-refractivity contribution in [2.24, 2.45) is 0 Å². The molecule has 1 aromatic heterocycles. The molecule has 0 aliphatic heterocycles. The molecule has 0 aliphatic carbocycles. The molecule has 0 saturated carbocycles. The zero-order chi connectivity index (χ0) is 14.1. The van der Waals surface area contributed by atoms with Gasteiger partial charge >= 0.3 is 6.18 Å². The second-order valence-corrected chi connectivity index (χ2v) is 5.14. The highest BCUT2D eigenvalue weighted by atomic mass is 35.5. The number of nitrogens with zero attached hydrogens (tertiary/aromatic N) is 1. The number of rotatable bonds is 1. The summed E-state index contributed by atoms with van der Waals surface area (Å²) in [6, 6.07) is 0.638. The Kier molecular flexibility index (Phi) is 3.90. The van der Waals surface area contributed by atoms with Crippen LogP contribution in [0.3, 0.4) is 0 Å². The van der Waals surface area contributed by atoms with E-state index in [-0.39, 0.29) is 5.15 Å². The molecule has 0 saturated heterocycles. The van der Waals surface area contributed by atoms with Gasteiger partial charge in [-0.2, -0.15) is 13.2 Å². The fourth-order valence-corrected chi connectivity index (χ4v) is 1.41. The molecule has 0 unspecified atom stereocenters. The van der Waals surface area contributed by atoms with Gasteiger partial charge in [0, 0.05) is 11.7 Å². The van der Waals surface area contributed by atoms with E-state index in [9.17, 15) is 18.0 Å². The van der Waals surface area contributed by atoms with Gasteiger partial charge in [0.05, 0.1) is 11.1 Å². The molecule has 100 valence electrons. The third-order valence-corrected chi connectivity index (χ3v) is 2.12. The van der Waals surface area contributed by atoms with Gasteiger partial charge in [0.2, 0.25) is 0 Å². The highest BCUT2D eigenvalue weighted by Crippen LogP contribution is 2.33. The van der Waals surface area contributed by atoms with Crippen LogP contribution in [0.15, 0.2) is 12.3 Å². The lowest BCUT2D eigenvalue weighted by Gasteiger charge is -2.21. The third-order valence-electron chi connectivity index (χ3n) is 1.91. The summed E-state index contributed by atoms with van der Waals surface area (Å²) < 4.78 is 38.3. The first-order valence-electron chi connectivity index (χ1n) is 5.06. The van der Waals surface area contributed by atoms with Crippen LogP contribution in [0, 0.1) is 0 Å². The Balaban J connectivity index is 3.21. The highest BCUT2D eigenvalue weighted by Gasteiger charge is 2.36. The summed E-state index contributed by atoms with van der Waals surface area (Å²) in [6.07, 6.45) is -3.83. The summed E-state index contributed by atoms with van der Waals surface area (Å²) in [4.78, 5) is 15.3. The maximum atomic E-state index is 12.8. The molecule has 18 heavy (non-hydrogen) atoms. The fraction of sp³-hybridized carbons (Fsp3) is 0.455. The molecular formula is C11H12ClF3N2O. The van der Waals surface area contributed by atoms with Gasteiger partial charge in [0.15, 0.2) is 0 Å². The first-order valence-corrected chi connectivity index (χ1v) is 5.44. The van der Waals surface area contributed by atoms with Gasteiger partial charge < -0.3 is 5.32 Å². The van der Waals surface area contributed by atoms with E-state index in [1.54, 1.807) is 20.8 Å². The van der Waals surface area contributed by atoms with Crippen LogP contribution in [0.25, 0.3) is 0 Å². The lowest BCUT2D eigenvalue weighted by atomic mass is 10.1. The Morgan fingerprint density at radius 2 is 1.89 bits per heavy atom. The molecule has 3 nitrogen and oxygen atoms in total. The number of nitrogens with one attached hydrogen (secondary N) is 1. The largest absolute Gasteiger partial charge is 0.417 e. The normalized spacial score (nSPS) is 12.4. The van der Waals surface area contributed by atoms with Crippen LogP contribution >= 0.6 is 11.6 Å². The monoisotopic (exact) mass is 280 g/mol. The van der Waals surface area contributed by atoms with Gasteiger partial charge in [0.25, 0.3) is 5.91 Å². The predicted octanol–water partition coefficient (Wildman–Crippen LogP) is 3.28. The summed E-state index contributed by atoms with van der Waals surface area (Å²) >= 11 is 5.42. The third kappa shape index (κ3) is 3.87. The summed E-state index contributed by atoms with van der Waals surface area (Å²) in [5, 5.41) is 2.13. The van der Waals surface area contributed by atoms with E-state index in [1.165, 1.54) is 0 Å². The minimum atomic E-state index is -4.66. The van der Waals surface area contributed by atoms with Crippen molar-refractivity contribution in [1.82, 2.24) is 10.3 Å². The van der Waals surface area contributed by atoms with Crippen LogP contribution in [0.2, 0.25) is 5.15 Å². The Hall–Kier alpha value is -1.30. The number of aromatic nitrogens is 1. The Morgan fingerprint density at radius 3 is 2.33 bits per heavy atom. The number of carbonyl (C=O) groups is 1. The van der Waals surface area contributed by atoms with E-state index in [0.29, 0.717) is 6.07 Å². The summed E-state index contributed by atoms with van der Waals surface area (Å²) in [6.45, 7) is 5.00. The molecule has 0 spiro atoms. The molecule has 0 aromatic carbocycles. The lowest BCUT2D eigenvalue weighted by Crippen LogP contribution is -2.41. The molecule has 0 bridgehead atoms. The molecule has 1 N–H and O–H groups in total. The molecule has 0 aliphatic rings. The van der Waals surface area contributed by atoms with E-state index in [2.05, 4.69) is 10.3 Å². The van der Waals surface area contributed by atoms with Crippen molar-refractivity contribution in [2.75, 3.05) is 0 Å². The van der Waals surface area contributed by atoms with Gasteiger partial charge in [-0.05, 0) is 26.8 Å². The predicted molar refractivity (Wildman–Crippen MR) is 61.5 cm³/mol. The van der Waals surface area contributed by atoms with Gasteiger partial charge in [-0.3, -0.25) is 4.79 Å². The highest BCUT2D eigenvalue weighted by molar-refractivity contribution is 6.29. The van der Waals surface area contributed by atoms with E-state index in [1.807, 2.05) is 0 Å². The van der Waals surface area contributed by atoms with Crippen molar-refractivity contribution in [3.05, 3.63) is 28.5 Å². The molecule has 1 amide bonds. The van der Waals surface area contributed by atoms with Crippen LogP contribution in [0.5, 0.6) is 0 Å². The zero-order valence-corrected chi connectivity index (χ0v) is 10.8. The molecule has 1 heterocycles. The standard InChI is InChI=1S/C11H12ClF3N2O/c1-10(2,3)17-9(18)6-5-16-8(12)4-7(6)11(13,14)15/h4-5H,1-3H3,(H,17,18). The molecule has 0 radical (unpaired) electrons. The Bertz CT molecular complexity index is 466. The van der Waals surface area contributed by atoms with E-state index in [0.717, 1.165) is 6.20 Å². The van der Waals surface area contributed by atoms with Crippen LogP contribution < -0.4 is 5.32 Å². The van der Waals surface area contributed by atoms with Gasteiger partial charge in [-0.15, -0.1) is 0 Å². The number of hydrogen-bond donors (Lipinski definition) is 1. The number of hydrogen-bond acceptors (Lipinski definition) is 2. The van der Waals surface area contributed by atoms with Crippen molar-refractivity contribution < 1.29 is 18.0 Å². The SMILES string of the molecule is CC(C)(C)NC(=O)c1cnc(Cl)cc1C(F)(F)F. The minimum Gasteiger partial charge on any atom is -0.347 e. The number of pyridine rings is 1. The molecular weight excluding hydrogens is 269 g/mol. The van der Waals surface area contributed by atoms with Crippen molar-refractivity contribution >= 4 is 17.5 Å². The average Bonchev–Trinajstić information content (AvgIpc) is 2.13. The summed E-state index contributed by atoms with van der Waals surface area (Å²) in [5.74, 6) is -0.834. The second kappa shape index (κ2) is 4.76. The smallest absolute Gasteiger partial charge is 0.347 e. The van der Waals surface area contributed by atoms with Crippen molar-refractivity contribution in [3.8, 4) is 0 Å². The minimum absolute atomic E-state index is 0.311. The van der Waals surface area contributed by atoms with Gasteiger partial charge in [0.1, 0.15) is 5.15 Å². The van der Waals surface area contributed by atoms with Crippen LogP contribution in [-0.4, -0.2) is 16.4 Å². The number of amides is 1. The molecule has 1 aromatic rings. The molecule has 0 fully saturated rings. The summed E-state index contributed by atoms with van der Waals surface area (Å²) in [5.41, 5.74) is -2.27. The van der Waals surface area contributed by atoms with Crippen molar-refractivity contribution in [3.63, 3.8) is 0 Å². The quantitative estimate of drug-likeness (QED) is 0.802. The lowest BCUT2D eigenvalue weighted by molar-refractivity contribution is -0.138. The topological polar surface area (TPSA) is 42.0 Å². The fourth-order valence-electron chi connectivity index (χ4n) is 1.25. The summed E-state index contributed by atoms with van der Waals surface area (Å²) in [7, 11) is 0. The van der Waals surface area contributed by atoms with Crippen LogP contribution in [-0.2, 0) is 6.18 Å². The average molecular weight is 281 g/mol. The first-order chi connectivity index (χ1) is 8.00. The molecule has 0 atom stereocenters. The van der Waals surface area contributed by atoms with Gasteiger partial charge in [-0.1, -0.05) is 11.6 Å². The maximum absolute atomic E-state index is 12.8.